The second-order valence-corrected chi connectivity index (χ2v) is 6.83. The Balaban J connectivity index is 1.72. The van der Waals surface area contributed by atoms with Crippen LogP contribution in [-0.2, 0) is 19.4 Å². The van der Waals surface area contributed by atoms with E-state index in [0.717, 1.165) is 22.7 Å². The molecule has 0 saturated carbocycles. The molecule has 0 fully saturated rings. The summed E-state index contributed by atoms with van der Waals surface area (Å²) in [6, 6.07) is 14.1. The molecular formula is C22H23ClN4. The predicted molar refractivity (Wildman–Crippen MR) is 113 cm³/mol. The van der Waals surface area contributed by atoms with E-state index in [0.29, 0.717) is 18.8 Å². The number of amidine groups is 1. The van der Waals surface area contributed by atoms with Gasteiger partial charge in [-0.1, -0.05) is 54.1 Å². The van der Waals surface area contributed by atoms with Crippen LogP contribution in [0.15, 0.2) is 66.1 Å². The predicted octanol–water partition coefficient (Wildman–Crippen LogP) is 4.79. The Morgan fingerprint density at radius 1 is 1.19 bits per heavy atom. The van der Waals surface area contributed by atoms with Crippen molar-refractivity contribution < 1.29 is 0 Å². The highest BCUT2D eigenvalue weighted by molar-refractivity contribution is 6.30. The Labute approximate surface area is 164 Å². The fraction of sp³-hybridized carbons (Fsp3) is 0.182. The summed E-state index contributed by atoms with van der Waals surface area (Å²) in [7, 11) is 0. The summed E-state index contributed by atoms with van der Waals surface area (Å²) in [5, 5.41) is 0.724. The van der Waals surface area contributed by atoms with E-state index in [-0.39, 0.29) is 0 Å². The lowest BCUT2D eigenvalue weighted by Gasteiger charge is -2.09. The largest absolute Gasteiger partial charge is 0.387 e. The van der Waals surface area contributed by atoms with Gasteiger partial charge < -0.3 is 10.7 Å². The van der Waals surface area contributed by atoms with Gasteiger partial charge in [-0.05, 0) is 41.3 Å². The molecule has 0 aliphatic carbocycles. The fourth-order valence-electron chi connectivity index (χ4n) is 2.89. The fourth-order valence-corrected chi connectivity index (χ4v) is 3.01. The summed E-state index contributed by atoms with van der Waals surface area (Å²) < 4.78 is 0. The van der Waals surface area contributed by atoms with Crippen molar-refractivity contribution in [1.29, 1.82) is 0 Å². The SMILES string of the molecule is CC=Cc1cc(Cc2cnc[nH]2)ccc1CC(N)=NCc1ccc(Cl)cc1. The number of aromatic nitrogens is 2. The van der Waals surface area contributed by atoms with E-state index in [1.54, 1.807) is 6.33 Å². The van der Waals surface area contributed by atoms with Crippen molar-refractivity contribution in [1.82, 2.24) is 9.97 Å². The van der Waals surface area contributed by atoms with Crippen molar-refractivity contribution >= 4 is 23.5 Å². The van der Waals surface area contributed by atoms with Crippen LogP contribution in [0, 0.1) is 0 Å². The van der Waals surface area contributed by atoms with Crippen LogP contribution in [0.4, 0.5) is 0 Å². The van der Waals surface area contributed by atoms with E-state index in [4.69, 9.17) is 17.3 Å². The van der Waals surface area contributed by atoms with Gasteiger partial charge in [0.1, 0.15) is 0 Å². The van der Waals surface area contributed by atoms with E-state index >= 15 is 0 Å². The topological polar surface area (TPSA) is 67.1 Å². The zero-order valence-electron chi connectivity index (χ0n) is 15.3. The molecule has 4 nitrogen and oxygen atoms in total. The first-order chi connectivity index (χ1) is 13.1. The van der Waals surface area contributed by atoms with Gasteiger partial charge >= 0.3 is 0 Å². The molecule has 1 aromatic heterocycles. The van der Waals surface area contributed by atoms with Crippen molar-refractivity contribution in [2.24, 2.45) is 10.7 Å². The highest BCUT2D eigenvalue weighted by Crippen LogP contribution is 2.17. The van der Waals surface area contributed by atoms with E-state index in [9.17, 15) is 0 Å². The minimum Gasteiger partial charge on any atom is -0.387 e. The molecule has 0 bridgehead atoms. The Bertz CT molecular complexity index is 925. The number of rotatable bonds is 7. The number of imidazole rings is 1. The standard InChI is InChI=1S/C22H23ClN4/c1-2-3-18-10-17(11-21-14-25-15-27-21)4-7-19(18)12-22(24)26-13-16-5-8-20(23)9-6-16/h2-10,14-15H,11-13H2,1H3,(H2,24,26)(H,25,27). The number of hydrogen-bond acceptors (Lipinski definition) is 2. The molecule has 2 aromatic carbocycles. The third-order valence-electron chi connectivity index (χ3n) is 4.26. The summed E-state index contributed by atoms with van der Waals surface area (Å²) in [6.45, 7) is 2.57. The van der Waals surface area contributed by atoms with E-state index in [1.807, 2.05) is 43.5 Å². The Hall–Kier alpha value is -2.85. The number of aromatic amines is 1. The summed E-state index contributed by atoms with van der Waals surface area (Å²) in [6.07, 6.45) is 9.15. The smallest absolute Gasteiger partial charge is 0.0985 e. The van der Waals surface area contributed by atoms with E-state index in [1.165, 1.54) is 16.7 Å². The van der Waals surface area contributed by atoms with Crippen LogP contribution in [0.1, 0.15) is 34.9 Å². The number of nitrogens with zero attached hydrogens (tertiary/aromatic N) is 2. The summed E-state index contributed by atoms with van der Waals surface area (Å²) >= 11 is 5.91. The Kier molecular flexibility index (Phi) is 6.44. The molecule has 3 aromatic rings. The van der Waals surface area contributed by atoms with Gasteiger partial charge in [0.25, 0.3) is 0 Å². The number of nitrogens with one attached hydrogen (secondary N) is 1. The monoisotopic (exact) mass is 378 g/mol. The van der Waals surface area contributed by atoms with Crippen LogP contribution in [0.2, 0.25) is 5.02 Å². The average Bonchev–Trinajstić information content (AvgIpc) is 3.17. The maximum Gasteiger partial charge on any atom is 0.0985 e. The van der Waals surface area contributed by atoms with Gasteiger partial charge in [-0.25, -0.2) is 4.98 Å². The number of hydrogen-bond donors (Lipinski definition) is 2. The number of allylic oxidation sites excluding steroid dienone is 1. The first-order valence-electron chi connectivity index (χ1n) is 8.89. The molecule has 0 radical (unpaired) electrons. The molecule has 0 unspecified atom stereocenters. The lowest BCUT2D eigenvalue weighted by Crippen LogP contribution is -2.16. The van der Waals surface area contributed by atoms with Gasteiger partial charge in [0.15, 0.2) is 0 Å². The number of aliphatic imine (C=N–C) groups is 1. The van der Waals surface area contributed by atoms with E-state index in [2.05, 4.69) is 39.2 Å². The first kappa shape index (κ1) is 18.9. The number of benzene rings is 2. The lowest BCUT2D eigenvalue weighted by molar-refractivity contribution is 1.04. The van der Waals surface area contributed by atoms with Crippen LogP contribution in [0.3, 0.4) is 0 Å². The maximum atomic E-state index is 6.18. The van der Waals surface area contributed by atoms with Crippen LogP contribution >= 0.6 is 11.6 Å². The lowest BCUT2D eigenvalue weighted by atomic mass is 9.98. The summed E-state index contributed by atoms with van der Waals surface area (Å²) in [4.78, 5) is 11.7. The van der Waals surface area contributed by atoms with Gasteiger partial charge in [0.05, 0.1) is 18.7 Å². The van der Waals surface area contributed by atoms with Crippen LogP contribution < -0.4 is 5.73 Å². The second kappa shape index (κ2) is 9.19. The third kappa shape index (κ3) is 5.56. The Morgan fingerprint density at radius 3 is 2.67 bits per heavy atom. The normalized spacial score (nSPS) is 12.0. The molecule has 5 heteroatoms. The third-order valence-corrected chi connectivity index (χ3v) is 4.51. The van der Waals surface area contributed by atoms with Crippen LogP contribution in [-0.4, -0.2) is 15.8 Å². The second-order valence-electron chi connectivity index (χ2n) is 6.40. The van der Waals surface area contributed by atoms with Gasteiger partial charge in [-0.15, -0.1) is 0 Å². The van der Waals surface area contributed by atoms with Gasteiger partial charge in [-0.3, -0.25) is 4.99 Å². The van der Waals surface area contributed by atoms with Crippen molar-refractivity contribution in [2.75, 3.05) is 0 Å². The highest BCUT2D eigenvalue weighted by atomic mass is 35.5. The first-order valence-corrected chi connectivity index (χ1v) is 9.27. The molecule has 0 atom stereocenters. The molecule has 0 saturated heterocycles. The molecule has 0 amide bonds. The maximum absolute atomic E-state index is 6.18. The molecule has 1 heterocycles. The molecular weight excluding hydrogens is 356 g/mol. The minimum absolute atomic E-state index is 0.555. The number of H-pyrrole nitrogens is 1. The van der Waals surface area contributed by atoms with Crippen molar-refractivity contribution in [3.05, 3.63) is 94.0 Å². The van der Waals surface area contributed by atoms with Crippen molar-refractivity contribution in [2.45, 2.75) is 26.3 Å². The van der Waals surface area contributed by atoms with Crippen LogP contribution in [0.5, 0.6) is 0 Å². The zero-order chi connectivity index (χ0) is 19.1. The minimum atomic E-state index is 0.555. The molecule has 3 N–H and O–H groups in total. The average molecular weight is 379 g/mol. The molecule has 0 aliphatic rings. The van der Waals surface area contributed by atoms with Crippen LogP contribution in [0.25, 0.3) is 6.08 Å². The molecule has 0 spiro atoms. The summed E-state index contributed by atoms with van der Waals surface area (Å²) in [5.74, 6) is 0.622. The summed E-state index contributed by atoms with van der Waals surface area (Å²) in [5.41, 5.74) is 11.9. The van der Waals surface area contributed by atoms with Gasteiger partial charge in [0, 0.05) is 29.8 Å². The zero-order valence-corrected chi connectivity index (χ0v) is 16.1. The highest BCUT2D eigenvalue weighted by Gasteiger charge is 2.06. The van der Waals surface area contributed by atoms with Crippen molar-refractivity contribution in [3.63, 3.8) is 0 Å². The van der Waals surface area contributed by atoms with Gasteiger partial charge in [0.2, 0.25) is 0 Å². The Morgan fingerprint density at radius 2 is 1.96 bits per heavy atom. The molecule has 0 aliphatic heterocycles. The molecule has 3 rings (SSSR count). The molecule has 27 heavy (non-hydrogen) atoms. The quantitative estimate of drug-likeness (QED) is 0.458. The molecule has 138 valence electrons. The van der Waals surface area contributed by atoms with E-state index < -0.39 is 0 Å². The number of nitrogens with two attached hydrogens (primary N) is 1. The van der Waals surface area contributed by atoms with Gasteiger partial charge in [-0.2, -0.15) is 0 Å². The number of halogens is 1. The van der Waals surface area contributed by atoms with Crippen molar-refractivity contribution in [3.8, 4) is 0 Å².